The minimum Gasteiger partial charge on any atom is -0.135 e. The van der Waals surface area contributed by atoms with Gasteiger partial charge in [0.15, 0.2) is 0 Å². The van der Waals surface area contributed by atoms with Crippen molar-refractivity contribution in [3.63, 3.8) is 0 Å². The van der Waals surface area contributed by atoms with Gasteiger partial charge in [0, 0.05) is 25.6 Å². The Morgan fingerprint density at radius 3 is 1.85 bits per heavy atom. The van der Waals surface area contributed by atoms with Crippen LogP contribution in [0.3, 0.4) is 0 Å². The van der Waals surface area contributed by atoms with Gasteiger partial charge >= 0.3 is 0 Å². The quantitative estimate of drug-likeness (QED) is 0.171. The molecule has 0 N–H and O–H groups in total. The Balaban J connectivity index is 1.34. The summed E-state index contributed by atoms with van der Waals surface area (Å²) in [6.07, 6.45) is 0. The van der Waals surface area contributed by atoms with Gasteiger partial charge in [-0.2, -0.15) is 0 Å². The first-order chi connectivity index (χ1) is 23.6. The second-order valence-corrected chi connectivity index (χ2v) is 14.7. The minimum absolute atomic E-state index is 0.0711. The molecule has 0 nitrogen and oxygen atoms in total. The lowest BCUT2D eigenvalue weighted by Gasteiger charge is -2.23. The van der Waals surface area contributed by atoms with Gasteiger partial charge in [0.1, 0.15) is 0 Å². The van der Waals surface area contributed by atoms with Gasteiger partial charge in [0.25, 0.3) is 0 Å². The molecule has 1 aliphatic carbocycles. The van der Waals surface area contributed by atoms with E-state index >= 15 is 0 Å². The molecule has 0 aliphatic heterocycles. The molecule has 0 amide bonds. The van der Waals surface area contributed by atoms with Crippen molar-refractivity contribution in [3.8, 4) is 44.5 Å². The first-order valence-corrected chi connectivity index (χ1v) is 17.6. The van der Waals surface area contributed by atoms with Gasteiger partial charge in [-0.1, -0.05) is 147 Å². The molecule has 0 fully saturated rings. The highest BCUT2D eigenvalue weighted by Crippen LogP contribution is 2.52. The van der Waals surface area contributed by atoms with Crippen LogP contribution in [0.2, 0.25) is 0 Å². The summed E-state index contributed by atoms with van der Waals surface area (Å²) in [4.78, 5) is 0. The normalized spacial score (nSPS) is 13.4. The smallest absolute Gasteiger partial charge is 0.0361 e. The van der Waals surface area contributed by atoms with Gasteiger partial charge < -0.3 is 0 Å². The summed E-state index contributed by atoms with van der Waals surface area (Å²) in [6.45, 7) is 4.75. The Kier molecular flexibility index (Phi) is 5.89. The molecule has 0 unspecified atom stereocenters. The molecular formula is C47H32S. The maximum atomic E-state index is 2.48. The first kappa shape index (κ1) is 27.6. The van der Waals surface area contributed by atoms with Crippen molar-refractivity contribution in [2.24, 2.45) is 0 Å². The standard InChI is InChI=1S/C47H32S/c1-47(2)40-20-10-8-15-32(40)33-25-24-31(28-41(33)47)44-34-16-6-7-17-35(34)45(36-26-23-30(27-39(36)44)29-13-4-3-5-14-29)38-19-12-22-43-46(38)37-18-9-11-21-42(37)48-43/h3-28H,1-2H3. The van der Waals surface area contributed by atoms with Crippen molar-refractivity contribution in [2.75, 3.05) is 0 Å². The lowest BCUT2D eigenvalue weighted by Crippen LogP contribution is -2.14. The number of benzene rings is 8. The van der Waals surface area contributed by atoms with Crippen LogP contribution < -0.4 is 0 Å². The molecule has 10 rings (SSSR count). The summed E-state index contributed by atoms with van der Waals surface area (Å²) in [6, 6.07) is 58.9. The number of hydrogen-bond acceptors (Lipinski definition) is 1. The van der Waals surface area contributed by atoms with E-state index in [1.54, 1.807) is 0 Å². The Labute approximate surface area is 284 Å². The summed E-state index contributed by atoms with van der Waals surface area (Å²) in [5.41, 5.74) is 13.1. The monoisotopic (exact) mass is 628 g/mol. The maximum absolute atomic E-state index is 2.48. The average Bonchev–Trinajstić information content (AvgIpc) is 3.63. The van der Waals surface area contributed by atoms with Gasteiger partial charge in [-0.3, -0.25) is 0 Å². The van der Waals surface area contributed by atoms with Crippen LogP contribution in [0, 0.1) is 0 Å². The van der Waals surface area contributed by atoms with Crippen LogP contribution in [0.15, 0.2) is 158 Å². The summed E-state index contributed by atoms with van der Waals surface area (Å²) < 4.78 is 2.66. The van der Waals surface area contributed by atoms with Crippen molar-refractivity contribution < 1.29 is 0 Å². The summed E-state index contributed by atoms with van der Waals surface area (Å²) in [7, 11) is 0. The molecule has 1 heterocycles. The van der Waals surface area contributed by atoms with E-state index in [2.05, 4.69) is 172 Å². The van der Waals surface area contributed by atoms with Crippen LogP contribution >= 0.6 is 11.3 Å². The molecule has 9 aromatic rings. The number of hydrogen-bond donors (Lipinski definition) is 0. The van der Waals surface area contributed by atoms with E-state index in [9.17, 15) is 0 Å². The Bertz CT molecular complexity index is 2740. The van der Waals surface area contributed by atoms with E-state index in [1.165, 1.54) is 97.4 Å². The van der Waals surface area contributed by atoms with E-state index in [-0.39, 0.29) is 5.41 Å². The zero-order valence-electron chi connectivity index (χ0n) is 26.9. The molecule has 48 heavy (non-hydrogen) atoms. The average molecular weight is 629 g/mol. The predicted molar refractivity (Wildman–Crippen MR) is 208 cm³/mol. The lowest BCUT2D eigenvalue weighted by atomic mass is 9.80. The van der Waals surface area contributed by atoms with Crippen molar-refractivity contribution >= 4 is 53.1 Å². The van der Waals surface area contributed by atoms with Gasteiger partial charge in [0.2, 0.25) is 0 Å². The van der Waals surface area contributed by atoms with Gasteiger partial charge in [-0.05, 0) is 101 Å². The van der Waals surface area contributed by atoms with Crippen LogP contribution in [-0.2, 0) is 5.41 Å². The molecule has 1 aromatic heterocycles. The van der Waals surface area contributed by atoms with E-state index in [0.29, 0.717) is 0 Å². The lowest BCUT2D eigenvalue weighted by molar-refractivity contribution is 0.660. The van der Waals surface area contributed by atoms with Crippen molar-refractivity contribution in [2.45, 2.75) is 19.3 Å². The highest BCUT2D eigenvalue weighted by atomic mass is 32.1. The van der Waals surface area contributed by atoms with Crippen molar-refractivity contribution in [1.82, 2.24) is 0 Å². The zero-order chi connectivity index (χ0) is 32.0. The molecule has 0 saturated heterocycles. The second kappa shape index (κ2) is 10.2. The largest absolute Gasteiger partial charge is 0.135 e. The minimum atomic E-state index is -0.0711. The molecule has 226 valence electrons. The van der Waals surface area contributed by atoms with E-state index in [4.69, 9.17) is 0 Å². The molecule has 1 aliphatic rings. The summed E-state index contributed by atoms with van der Waals surface area (Å²) >= 11 is 1.89. The SMILES string of the molecule is CC1(C)c2ccccc2-c2ccc(-c3c4ccccc4c(-c4cccc5sc6ccccc6c45)c4ccc(-c5ccccc5)cc34)cc21. The van der Waals surface area contributed by atoms with Crippen LogP contribution in [-0.4, -0.2) is 0 Å². The Morgan fingerprint density at radius 1 is 0.375 bits per heavy atom. The van der Waals surface area contributed by atoms with E-state index in [1.807, 2.05) is 11.3 Å². The molecule has 0 saturated carbocycles. The third-order valence-electron chi connectivity index (χ3n) is 10.7. The molecule has 0 atom stereocenters. The van der Waals surface area contributed by atoms with Crippen LogP contribution in [0.5, 0.6) is 0 Å². The Morgan fingerprint density at radius 2 is 1.00 bits per heavy atom. The zero-order valence-corrected chi connectivity index (χ0v) is 27.7. The molecule has 0 spiro atoms. The summed E-state index contributed by atoms with van der Waals surface area (Å²) in [5.74, 6) is 0. The highest BCUT2D eigenvalue weighted by Gasteiger charge is 2.35. The fraction of sp³-hybridized carbons (Fsp3) is 0.0638. The summed E-state index contributed by atoms with van der Waals surface area (Å²) in [5, 5.41) is 7.83. The van der Waals surface area contributed by atoms with Crippen LogP contribution in [0.4, 0.5) is 0 Å². The third-order valence-corrected chi connectivity index (χ3v) is 11.8. The van der Waals surface area contributed by atoms with E-state index < -0.39 is 0 Å². The van der Waals surface area contributed by atoms with Crippen molar-refractivity contribution in [1.29, 1.82) is 0 Å². The fourth-order valence-electron chi connectivity index (χ4n) is 8.43. The first-order valence-electron chi connectivity index (χ1n) is 16.8. The molecule has 0 bridgehead atoms. The Hall–Kier alpha value is -5.50. The number of thiophene rings is 1. The fourth-order valence-corrected chi connectivity index (χ4v) is 9.56. The van der Waals surface area contributed by atoms with Crippen molar-refractivity contribution in [3.05, 3.63) is 169 Å². The third kappa shape index (κ3) is 3.89. The second-order valence-electron chi connectivity index (χ2n) is 13.6. The molecule has 0 radical (unpaired) electrons. The van der Waals surface area contributed by atoms with Crippen LogP contribution in [0.1, 0.15) is 25.0 Å². The number of rotatable bonds is 3. The number of fused-ring (bicyclic) bond motifs is 8. The van der Waals surface area contributed by atoms with Gasteiger partial charge in [-0.25, -0.2) is 0 Å². The van der Waals surface area contributed by atoms with Gasteiger partial charge in [0.05, 0.1) is 0 Å². The predicted octanol–water partition coefficient (Wildman–Crippen LogP) is 13.7. The van der Waals surface area contributed by atoms with E-state index in [0.717, 1.165) is 0 Å². The van der Waals surface area contributed by atoms with Gasteiger partial charge in [-0.15, -0.1) is 11.3 Å². The topological polar surface area (TPSA) is 0 Å². The molecule has 8 aromatic carbocycles. The maximum Gasteiger partial charge on any atom is 0.0361 e. The molecular weight excluding hydrogens is 597 g/mol. The van der Waals surface area contributed by atoms with Crippen LogP contribution in [0.25, 0.3) is 86.2 Å². The highest BCUT2D eigenvalue weighted by molar-refractivity contribution is 7.25. The molecule has 1 heteroatoms.